The van der Waals surface area contributed by atoms with E-state index in [0.717, 1.165) is 0 Å². The highest BCUT2D eigenvalue weighted by Crippen LogP contribution is 2.18. The molecule has 104 valence electrons. The summed E-state index contributed by atoms with van der Waals surface area (Å²) in [5, 5.41) is 11.7. The van der Waals surface area contributed by atoms with Gasteiger partial charge in [-0.3, -0.25) is 4.79 Å². The van der Waals surface area contributed by atoms with Crippen LogP contribution >= 0.6 is 0 Å². The summed E-state index contributed by atoms with van der Waals surface area (Å²) in [6.07, 6.45) is 0. The first-order valence-electron chi connectivity index (χ1n) is 6.11. The molecule has 0 unspecified atom stereocenters. The van der Waals surface area contributed by atoms with Crippen LogP contribution in [0, 0.1) is 20.8 Å². The fraction of sp³-hybridized carbons (Fsp3) is 0.200. The summed E-state index contributed by atoms with van der Waals surface area (Å²) in [5.74, 6) is -0.0348. The average molecular weight is 273 g/mol. The van der Waals surface area contributed by atoms with Crippen molar-refractivity contribution in [3.05, 3.63) is 52.5 Å². The quantitative estimate of drug-likeness (QED) is 0.900. The molecule has 1 amide bonds. The molecule has 1 aromatic carbocycles. The van der Waals surface area contributed by atoms with Gasteiger partial charge in [0.2, 0.25) is 0 Å². The van der Waals surface area contributed by atoms with Gasteiger partial charge in [-0.05, 0) is 50.6 Å². The van der Waals surface area contributed by atoms with Crippen molar-refractivity contribution in [2.45, 2.75) is 20.8 Å². The van der Waals surface area contributed by atoms with E-state index in [4.69, 9.17) is 9.52 Å². The van der Waals surface area contributed by atoms with Crippen molar-refractivity contribution < 1.29 is 19.1 Å². The first-order valence-corrected chi connectivity index (χ1v) is 6.11. The van der Waals surface area contributed by atoms with Crippen LogP contribution in [-0.2, 0) is 0 Å². The van der Waals surface area contributed by atoms with E-state index in [1.807, 2.05) is 0 Å². The molecule has 0 atom stereocenters. The Kier molecular flexibility index (Phi) is 3.61. The van der Waals surface area contributed by atoms with Crippen molar-refractivity contribution in [1.82, 2.24) is 0 Å². The molecule has 0 aliphatic heterocycles. The van der Waals surface area contributed by atoms with Gasteiger partial charge in [0.05, 0.1) is 11.1 Å². The number of carbonyl (C=O) groups excluding carboxylic acids is 1. The average Bonchev–Trinajstić information content (AvgIpc) is 2.68. The number of rotatable bonds is 3. The third-order valence-corrected chi connectivity index (χ3v) is 3.00. The third-order valence-electron chi connectivity index (χ3n) is 3.00. The molecular formula is C15H15NO4. The first kappa shape index (κ1) is 13.9. The maximum absolute atomic E-state index is 12.1. The number of nitrogens with one attached hydrogen (secondary N) is 1. The van der Waals surface area contributed by atoms with Gasteiger partial charge in [-0.15, -0.1) is 0 Å². The van der Waals surface area contributed by atoms with E-state index in [-0.39, 0.29) is 11.5 Å². The number of furan rings is 1. The summed E-state index contributed by atoms with van der Waals surface area (Å²) >= 11 is 0. The lowest BCUT2D eigenvalue weighted by Gasteiger charge is -2.07. The summed E-state index contributed by atoms with van der Waals surface area (Å²) in [6.45, 7) is 5.18. The predicted octanol–water partition coefficient (Wildman–Crippen LogP) is 3.16. The second-order valence-corrected chi connectivity index (χ2v) is 4.62. The molecule has 2 N–H and O–H groups in total. The number of carboxylic acid groups (broad SMARTS) is 1. The first-order chi connectivity index (χ1) is 9.38. The van der Waals surface area contributed by atoms with Gasteiger partial charge < -0.3 is 14.8 Å². The minimum Gasteiger partial charge on any atom is -0.478 e. The zero-order valence-corrected chi connectivity index (χ0v) is 11.5. The SMILES string of the molecule is Cc1cc(C(=O)Nc2ccc(C(=O)O)c(C)c2)c(C)o1. The van der Waals surface area contributed by atoms with E-state index >= 15 is 0 Å². The number of carbonyl (C=O) groups is 2. The highest BCUT2D eigenvalue weighted by Gasteiger charge is 2.14. The Bertz CT molecular complexity index is 685. The van der Waals surface area contributed by atoms with Crippen molar-refractivity contribution >= 4 is 17.6 Å². The minimum absolute atomic E-state index is 0.221. The molecule has 0 aliphatic rings. The van der Waals surface area contributed by atoms with Gasteiger partial charge in [0.25, 0.3) is 5.91 Å². The van der Waals surface area contributed by atoms with Crippen LogP contribution in [0.1, 0.15) is 37.8 Å². The van der Waals surface area contributed by atoms with Crippen LogP contribution in [0.4, 0.5) is 5.69 Å². The Labute approximate surface area is 116 Å². The number of benzene rings is 1. The zero-order chi connectivity index (χ0) is 14.9. The fourth-order valence-corrected chi connectivity index (χ4v) is 2.04. The maximum atomic E-state index is 12.1. The van der Waals surface area contributed by atoms with E-state index in [0.29, 0.717) is 28.3 Å². The molecule has 0 radical (unpaired) electrons. The molecule has 2 rings (SSSR count). The van der Waals surface area contributed by atoms with Crippen molar-refractivity contribution in [3.8, 4) is 0 Å². The van der Waals surface area contributed by atoms with E-state index in [9.17, 15) is 9.59 Å². The summed E-state index contributed by atoms with van der Waals surface area (Å²) in [7, 11) is 0. The molecular weight excluding hydrogens is 258 g/mol. The number of carboxylic acids is 1. The van der Waals surface area contributed by atoms with Crippen molar-refractivity contribution in [3.63, 3.8) is 0 Å². The smallest absolute Gasteiger partial charge is 0.335 e. The zero-order valence-electron chi connectivity index (χ0n) is 11.5. The van der Waals surface area contributed by atoms with Crippen LogP contribution in [0.15, 0.2) is 28.7 Å². The van der Waals surface area contributed by atoms with Crippen molar-refractivity contribution in [1.29, 1.82) is 0 Å². The fourth-order valence-electron chi connectivity index (χ4n) is 2.04. The van der Waals surface area contributed by atoms with Gasteiger partial charge in [0.15, 0.2) is 0 Å². The maximum Gasteiger partial charge on any atom is 0.335 e. The van der Waals surface area contributed by atoms with E-state index in [2.05, 4.69) is 5.32 Å². The molecule has 2 aromatic rings. The van der Waals surface area contributed by atoms with Gasteiger partial charge in [0.1, 0.15) is 11.5 Å². The Balaban J connectivity index is 2.22. The van der Waals surface area contributed by atoms with Gasteiger partial charge in [0, 0.05) is 5.69 Å². The lowest BCUT2D eigenvalue weighted by molar-refractivity contribution is 0.0696. The van der Waals surface area contributed by atoms with Crippen molar-refractivity contribution in [2.75, 3.05) is 5.32 Å². The minimum atomic E-state index is -0.985. The standard InChI is InChI=1S/C15H15NO4/c1-8-6-11(4-5-12(8)15(18)19)16-14(17)13-7-9(2)20-10(13)3/h4-7H,1-3H3,(H,16,17)(H,18,19). The summed E-state index contributed by atoms with van der Waals surface area (Å²) < 4.78 is 5.31. The Hall–Kier alpha value is -2.56. The van der Waals surface area contributed by atoms with Crippen LogP contribution in [0.2, 0.25) is 0 Å². The van der Waals surface area contributed by atoms with Crippen LogP contribution in [0.25, 0.3) is 0 Å². The molecule has 0 bridgehead atoms. The molecule has 5 heteroatoms. The number of anilines is 1. The van der Waals surface area contributed by atoms with Crippen LogP contribution in [0.3, 0.4) is 0 Å². The summed E-state index contributed by atoms with van der Waals surface area (Å²) in [5.41, 5.74) is 1.84. The lowest BCUT2D eigenvalue weighted by Crippen LogP contribution is -2.12. The molecule has 1 aromatic heterocycles. The number of aromatic carboxylic acids is 1. The number of hydrogen-bond donors (Lipinski definition) is 2. The van der Waals surface area contributed by atoms with E-state index in [1.54, 1.807) is 39.0 Å². The van der Waals surface area contributed by atoms with Crippen molar-refractivity contribution in [2.24, 2.45) is 0 Å². The molecule has 0 spiro atoms. The monoisotopic (exact) mass is 273 g/mol. The summed E-state index contributed by atoms with van der Waals surface area (Å²) in [6, 6.07) is 6.34. The van der Waals surface area contributed by atoms with Gasteiger partial charge in [-0.1, -0.05) is 0 Å². The molecule has 0 aliphatic carbocycles. The second-order valence-electron chi connectivity index (χ2n) is 4.62. The van der Waals surface area contributed by atoms with Gasteiger partial charge in [-0.25, -0.2) is 4.79 Å². The molecule has 0 saturated heterocycles. The molecule has 0 fully saturated rings. The predicted molar refractivity (Wildman–Crippen MR) is 74.3 cm³/mol. The molecule has 20 heavy (non-hydrogen) atoms. The Morgan fingerprint density at radius 2 is 1.80 bits per heavy atom. The van der Waals surface area contributed by atoms with E-state index < -0.39 is 5.97 Å². The lowest BCUT2D eigenvalue weighted by atomic mass is 10.1. The Morgan fingerprint density at radius 3 is 2.30 bits per heavy atom. The van der Waals surface area contributed by atoms with E-state index in [1.165, 1.54) is 6.07 Å². The topological polar surface area (TPSA) is 79.5 Å². The van der Waals surface area contributed by atoms with Gasteiger partial charge >= 0.3 is 5.97 Å². The molecule has 0 saturated carbocycles. The largest absolute Gasteiger partial charge is 0.478 e. The number of aryl methyl sites for hydroxylation is 3. The molecule has 5 nitrogen and oxygen atoms in total. The highest BCUT2D eigenvalue weighted by molar-refractivity contribution is 6.05. The normalized spacial score (nSPS) is 10.3. The third kappa shape index (κ3) is 2.71. The number of hydrogen-bond acceptors (Lipinski definition) is 3. The summed E-state index contributed by atoms with van der Waals surface area (Å²) in [4.78, 5) is 23.0. The number of amides is 1. The van der Waals surface area contributed by atoms with Gasteiger partial charge in [-0.2, -0.15) is 0 Å². The Morgan fingerprint density at radius 1 is 1.10 bits per heavy atom. The second kappa shape index (κ2) is 5.21. The highest BCUT2D eigenvalue weighted by atomic mass is 16.4. The van der Waals surface area contributed by atoms with Crippen LogP contribution < -0.4 is 5.32 Å². The van der Waals surface area contributed by atoms with Crippen LogP contribution in [-0.4, -0.2) is 17.0 Å². The molecule has 1 heterocycles. The van der Waals surface area contributed by atoms with Crippen LogP contribution in [0.5, 0.6) is 0 Å².